The van der Waals surface area contributed by atoms with E-state index in [0.717, 1.165) is 4.90 Å². The summed E-state index contributed by atoms with van der Waals surface area (Å²) in [5.41, 5.74) is 1.25. The van der Waals surface area contributed by atoms with Crippen LogP contribution >= 0.6 is 0 Å². The van der Waals surface area contributed by atoms with Crippen LogP contribution in [-0.2, 0) is 15.0 Å². The van der Waals surface area contributed by atoms with Crippen molar-refractivity contribution in [2.24, 2.45) is 0 Å². The van der Waals surface area contributed by atoms with Crippen molar-refractivity contribution in [3.8, 4) is 5.75 Å². The van der Waals surface area contributed by atoms with E-state index in [2.05, 4.69) is 20.8 Å². The molecular formula is C15H21NO4. The second-order valence-corrected chi connectivity index (χ2v) is 5.71. The van der Waals surface area contributed by atoms with E-state index in [1.165, 1.54) is 12.6 Å². The molecule has 1 aromatic rings. The number of rotatable bonds is 5. The molecule has 0 bridgehead atoms. The van der Waals surface area contributed by atoms with Gasteiger partial charge in [0, 0.05) is 7.05 Å². The Morgan fingerprint density at radius 2 is 1.75 bits per heavy atom. The number of hydrogen-bond donors (Lipinski definition) is 1. The molecule has 0 atom stereocenters. The van der Waals surface area contributed by atoms with E-state index in [9.17, 15) is 9.59 Å². The molecule has 1 amide bonds. The fourth-order valence-electron chi connectivity index (χ4n) is 1.60. The highest BCUT2D eigenvalue weighted by atomic mass is 16.5. The van der Waals surface area contributed by atoms with Crippen LogP contribution in [0.1, 0.15) is 26.3 Å². The second kappa shape index (κ2) is 6.41. The van der Waals surface area contributed by atoms with Crippen molar-refractivity contribution >= 4 is 11.9 Å². The maximum Gasteiger partial charge on any atom is 0.323 e. The number of hydrogen-bond acceptors (Lipinski definition) is 3. The van der Waals surface area contributed by atoms with Crippen LogP contribution in [0.15, 0.2) is 24.3 Å². The Kier molecular flexibility index (Phi) is 5.13. The summed E-state index contributed by atoms with van der Waals surface area (Å²) in [5, 5.41) is 8.59. The molecule has 0 aliphatic heterocycles. The fraction of sp³-hybridized carbons (Fsp3) is 0.467. The van der Waals surface area contributed by atoms with Gasteiger partial charge in [-0.25, -0.2) is 0 Å². The van der Waals surface area contributed by atoms with Gasteiger partial charge in [-0.3, -0.25) is 9.59 Å². The standard InChI is InChI=1S/C15H21NO4/c1-15(2,3)11-5-7-12(8-6-11)20-10-13(17)16(4)9-14(18)19/h5-8H,9-10H2,1-4H3,(H,18,19). The summed E-state index contributed by atoms with van der Waals surface area (Å²) in [7, 11) is 1.43. The van der Waals surface area contributed by atoms with Crippen molar-refractivity contribution in [1.29, 1.82) is 0 Å². The highest BCUT2D eigenvalue weighted by Gasteiger charge is 2.14. The Balaban J connectivity index is 2.54. The number of nitrogens with zero attached hydrogens (tertiary/aromatic N) is 1. The lowest BCUT2D eigenvalue weighted by Gasteiger charge is -2.19. The number of carbonyl (C=O) groups excluding carboxylic acids is 1. The van der Waals surface area contributed by atoms with Crippen LogP contribution in [0.4, 0.5) is 0 Å². The van der Waals surface area contributed by atoms with E-state index < -0.39 is 5.97 Å². The van der Waals surface area contributed by atoms with E-state index >= 15 is 0 Å². The highest BCUT2D eigenvalue weighted by Crippen LogP contribution is 2.24. The zero-order valence-electron chi connectivity index (χ0n) is 12.3. The topological polar surface area (TPSA) is 66.8 Å². The Hall–Kier alpha value is -2.04. The molecule has 0 aliphatic carbocycles. The SMILES string of the molecule is CN(CC(=O)O)C(=O)COc1ccc(C(C)(C)C)cc1. The molecule has 5 heteroatoms. The summed E-state index contributed by atoms with van der Waals surface area (Å²) in [6.07, 6.45) is 0. The van der Waals surface area contributed by atoms with Crippen molar-refractivity contribution in [3.05, 3.63) is 29.8 Å². The van der Waals surface area contributed by atoms with Crippen LogP contribution in [0.2, 0.25) is 0 Å². The normalized spacial score (nSPS) is 11.0. The number of carbonyl (C=O) groups is 2. The number of benzene rings is 1. The first kappa shape index (κ1) is 16.0. The molecule has 0 spiro atoms. The van der Waals surface area contributed by atoms with Crippen LogP contribution in [0.3, 0.4) is 0 Å². The van der Waals surface area contributed by atoms with Gasteiger partial charge in [0.15, 0.2) is 6.61 Å². The lowest BCUT2D eigenvalue weighted by molar-refractivity contribution is -0.144. The molecule has 0 radical (unpaired) electrons. The summed E-state index contributed by atoms with van der Waals surface area (Å²) >= 11 is 0. The van der Waals surface area contributed by atoms with Gasteiger partial charge in [-0.15, -0.1) is 0 Å². The second-order valence-electron chi connectivity index (χ2n) is 5.71. The number of aliphatic carboxylic acids is 1. The maximum atomic E-state index is 11.6. The van der Waals surface area contributed by atoms with Crippen LogP contribution in [0.25, 0.3) is 0 Å². The van der Waals surface area contributed by atoms with Crippen LogP contribution < -0.4 is 4.74 Å². The van der Waals surface area contributed by atoms with E-state index in [1.54, 1.807) is 0 Å². The van der Waals surface area contributed by atoms with Gasteiger partial charge in [-0.05, 0) is 23.1 Å². The van der Waals surface area contributed by atoms with Gasteiger partial charge >= 0.3 is 5.97 Å². The van der Waals surface area contributed by atoms with Gasteiger partial charge in [-0.1, -0.05) is 32.9 Å². The molecule has 0 saturated heterocycles. The van der Waals surface area contributed by atoms with Crippen molar-refractivity contribution in [2.75, 3.05) is 20.2 Å². The Bertz CT molecular complexity index is 474. The summed E-state index contributed by atoms with van der Waals surface area (Å²) in [4.78, 5) is 23.2. The average Bonchev–Trinajstić information content (AvgIpc) is 2.34. The Morgan fingerprint density at radius 3 is 2.20 bits per heavy atom. The molecule has 0 aromatic heterocycles. The Labute approximate surface area is 119 Å². The van der Waals surface area contributed by atoms with E-state index in [1.807, 2.05) is 24.3 Å². The molecule has 20 heavy (non-hydrogen) atoms. The van der Waals surface area contributed by atoms with Crippen molar-refractivity contribution < 1.29 is 19.4 Å². The number of carboxylic acid groups (broad SMARTS) is 1. The van der Waals surface area contributed by atoms with Crippen LogP contribution in [0.5, 0.6) is 5.75 Å². The quantitative estimate of drug-likeness (QED) is 0.894. The molecule has 0 fully saturated rings. The molecule has 0 unspecified atom stereocenters. The van der Waals surface area contributed by atoms with Crippen molar-refractivity contribution in [3.63, 3.8) is 0 Å². The lowest BCUT2D eigenvalue weighted by atomic mass is 9.87. The predicted molar refractivity (Wildman–Crippen MR) is 75.9 cm³/mol. The molecule has 0 aliphatic rings. The number of amides is 1. The molecule has 0 heterocycles. The summed E-state index contributed by atoms with van der Waals surface area (Å²) in [6, 6.07) is 7.54. The first-order valence-electron chi connectivity index (χ1n) is 6.39. The van der Waals surface area contributed by atoms with Gasteiger partial charge < -0.3 is 14.7 Å². The minimum Gasteiger partial charge on any atom is -0.484 e. The van der Waals surface area contributed by atoms with Crippen molar-refractivity contribution in [2.45, 2.75) is 26.2 Å². The number of likely N-dealkylation sites (N-methyl/N-ethyl adjacent to an activating group) is 1. The predicted octanol–water partition coefficient (Wildman–Crippen LogP) is 1.91. The van der Waals surface area contributed by atoms with E-state index in [-0.39, 0.29) is 24.5 Å². The molecule has 1 N–H and O–H groups in total. The van der Waals surface area contributed by atoms with Crippen molar-refractivity contribution in [1.82, 2.24) is 4.90 Å². The molecule has 110 valence electrons. The first-order valence-corrected chi connectivity index (χ1v) is 6.39. The summed E-state index contributed by atoms with van der Waals surface area (Å²) in [6.45, 7) is 5.86. The molecule has 1 rings (SSSR count). The van der Waals surface area contributed by atoms with Gasteiger partial charge in [0.1, 0.15) is 12.3 Å². The zero-order chi connectivity index (χ0) is 15.3. The summed E-state index contributed by atoms with van der Waals surface area (Å²) in [5.74, 6) is -0.822. The van der Waals surface area contributed by atoms with Gasteiger partial charge in [0.2, 0.25) is 0 Å². The number of ether oxygens (including phenoxy) is 1. The third kappa shape index (κ3) is 4.91. The average molecular weight is 279 g/mol. The fourth-order valence-corrected chi connectivity index (χ4v) is 1.60. The minimum atomic E-state index is -1.05. The maximum absolute atomic E-state index is 11.6. The molecule has 5 nitrogen and oxygen atoms in total. The van der Waals surface area contributed by atoms with Crippen LogP contribution in [0, 0.1) is 0 Å². The largest absolute Gasteiger partial charge is 0.484 e. The van der Waals surface area contributed by atoms with Gasteiger partial charge in [0.25, 0.3) is 5.91 Å². The smallest absolute Gasteiger partial charge is 0.323 e. The number of carboxylic acids is 1. The Morgan fingerprint density at radius 1 is 1.20 bits per heavy atom. The van der Waals surface area contributed by atoms with E-state index in [4.69, 9.17) is 9.84 Å². The zero-order valence-corrected chi connectivity index (χ0v) is 12.3. The minimum absolute atomic E-state index is 0.0655. The molecular weight excluding hydrogens is 258 g/mol. The van der Waals surface area contributed by atoms with E-state index in [0.29, 0.717) is 5.75 Å². The van der Waals surface area contributed by atoms with Crippen LogP contribution in [-0.4, -0.2) is 42.1 Å². The summed E-state index contributed by atoms with van der Waals surface area (Å²) < 4.78 is 5.35. The first-order chi connectivity index (χ1) is 9.20. The van der Waals surface area contributed by atoms with Gasteiger partial charge in [-0.2, -0.15) is 0 Å². The third-order valence-corrected chi connectivity index (χ3v) is 2.88. The monoisotopic (exact) mass is 279 g/mol. The lowest BCUT2D eigenvalue weighted by Crippen LogP contribution is -2.35. The third-order valence-electron chi connectivity index (χ3n) is 2.88. The molecule has 0 saturated carbocycles. The molecule has 1 aromatic carbocycles. The highest BCUT2D eigenvalue weighted by molar-refractivity contribution is 5.82. The van der Waals surface area contributed by atoms with Gasteiger partial charge in [0.05, 0.1) is 0 Å².